The van der Waals surface area contributed by atoms with Gasteiger partial charge in [0.15, 0.2) is 0 Å². The third-order valence-electron chi connectivity index (χ3n) is 1.91. The van der Waals surface area contributed by atoms with Crippen molar-refractivity contribution in [2.24, 2.45) is 0 Å². The maximum absolute atomic E-state index is 9.08. The van der Waals surface area contributed by atoms with Gasteiger partial charge in [0.1, 0.15) is 0 Å². The van der Waals surface area contributed by atoms with Gasteiger partial charge in [-0.2, -0.15) is 12.6 Å². The van der Waals surface area contributed by atoms with Crippen molar-refractivity contribution in [3.05, 3.63) is 26.8 Å². The monoisotopic (exact) mass is 308 g/mol. The Morgan fingerprint density at radius 1 is 1.46 bits per heavy atom. The average Bonchev–Trinajstić information content (AvgIpc) is 2.09. The predicted molar refractivity (Wildman–Crippen MR) is 66.4 cm³/mol. The van der Waals surface area contributed by atoms with Crippen molar-refractivity contribution in [1.82, 2.24) is 0 Å². The molecule has 0 aliphatic heterocycles. The van der Waals surface area contributed by atoms with E-state index >= 15 is 0 Å². The molecule has 1 rings (SSSR count). The van der Waals surface area contributed by atoms with E-state index in [9.17, 15) is 0 Å². The molecule has 13 heavy (non-hydrogen) atoms. The van der Waals surface area contributed by atoms with Crippen LogP contribution >= 0.6 is 35.2 Å². The van der Waals surface area contributed by atoms with Gasteiger partial charge in [-0.15, -0.1) is 0 Å². The SMILES string of the molecule is Cc1c(I)cc(CS)cc1B(O)O. The molecular weight excluding hydrogens is 298 g/mol. The fraction of sp³-hybridized carbons (Fsp3) is 0.250. The van der Waals surface area contributed by atoms with Crippen LogP contribution in [-0.4, -0.2) is 17.2 Å². The van der Waals surface area contributed by atoms with Gasteiger partial charge in [-0.1, -0.05) is 6.07 Å². The van der Waals surface area contributed by atoms with Gasteiger partial charge in [0, 0.05) is 9.32 Å². The van der Waals surface area contributed by atoms with Crippen molar-refractivity contribution in [3.8, 4) is 0 Å². The van der Waals surface area contributed by atoms with Crippen LogP contribution in [0.2, 0.25) is 0 Å². The standard InChI is InChI=1S/C8H10BIO2S/c1-5-7(9(11)12)2-6(4-13)3-8(5)10/h2-3,11-13H,4H2,1H3. The van der Waals surface area contributed by atoms with Crippen LogP contribution in [0, 0.1) is 10.5 Å². The largest absolute Gasteiger partial charge is 0.488 e. The van der Waals surface area contributed by atoms with E-state index in [0.717, 1.165) is 14.7 Å². The molecule has 0 atom stereocenters. The molecule has 0 saturated carbocycles. The van der Waals surface area contributed by atoms with Gasteiger partial charge in [-0.3, -0.25) is 0 Å². The van der Waals surface area contributed by atoms with Crippen LogP contribution in [0.3, 0.4) is 0 Å². The first-order valence-electron chi connectivity index (χ1n) is 3.82. The van der Waals surface area contributed by atoms with Crippen LogP contribution in [-0.2, 0) is 5.75 Å². The minimum Gasteiger partial charge on any atom is -0.423 e. The number of hydrogen-bond donors (Lipinski definition) is 3. The van der Waals surface area contributed by atoms with E-state index in [2.05, 4.69) is 35.2 Å². The molecule has 0 bridgehead atoms. The highest BCUT2D eigenvalue weighted by Gasteiger charge is 2.16. The number of halogens is 1. The summed E-state index contributed by atoms with van der Waals surface area (Å²) < 4.78 is 1.03. The van der Waals surface area contributed by atoms with Crippen molar-refractivity contribution in [3.63, 3.8) is 0 Å². The molecular formula is C8H10BIO2S. The molecule has 70 valence electrons. The van der Waals surface area contributed by atoms with Gasteiger partial charge >= 0.3 is 7.12 Å². The van der Waals surface area contributed by atoms with E-state index in [-0.39, 0.29) is 0 Å². The second-order valence-electron chi connectivity index (χ2n) is 2.82. The molecule has 2 nitrogen and oxygen atoms in total. The van der Waals surface area contributed by atoms with Crippen molar-refractivity contribution in [2.75, 3.05) is 0 Å². The Bertz CT molecular complexity index is 317. The molecule has 0 aromatic heterocycles. The summed E-state index contributed by atoms with van der Waals surface area (Å²) >= 11 is 6.32. The lowest BCUT2D eigenvalue weighted by molar-refractivity contribution is 0.425. The first-order valence-corrected chi connectivity index (χ1v) is 5.53. The van der Waals surface area contributed by atoms with E-state index in [0.29, 0.717) is 11.2 Å². The summed E-state index contributed by atoms with van der Waals surface area (Å²) in [6, 6.07) is 3.77. The van der Waals surface area contributed by atoms with Crippen molar-refractivity contribution >= 4 is 47.8 Å². The first-order chi connectivity index (χ1) is 6.06. The summed E-state index contributed by atoms with van der Waals surface area (Å²) in [6.45, 7) is 1.87. The van der Waals surface area contributed by atoms with Crippen LogP contribution in [0.1, 0.15) is 11.1 Å². The third-order valence-corrected chi connectivity index (χ3v) is 3.39. The Hall–Kier alpha value is 0.285. The van der Waals surface area contributed by atoms with Crippen molar-refractivity contribution in [1.29, 1.82) is 0 Å². The summed E-state index contributed by atoms with van der Waals surface area (Å²) in [5.41, 5.74) is 2.48. The summed E-state index contributed by atoms with van der Waals surface area (Å²) in [6.07, 6.45) is 0. The Morgan fingerprint density at radius 3 is 2.54 bits per heavy atom. The first kappa shape index (κ1) is 11.4. The minimum absolute atomic E-state index is 0.566. The van der Waals surface area contributed by atoms with Crippen molar-refractivity contribution < 1.29 is 10.0 Å². The van der Waals surface area contributed by atoms with E-state index in [4.69, 9.17) is 10.0 Å². The summed E-state index contributed by atoms with van der Waals surface area (Å²) in [5.74, 6) is 0.607. The minimum atomic E-state index is -1.40. The molecule has 2 N–H and O–H groups in total. The van der Waals surface area contributed by atoms with E-state index in [1.54, 1.807) is 6.07 Å². The molecule has 0 aliphatic carbocycles. The lowest BCUT2D eigenvalue weighted by Crippen LogP contribution is -2.33. The van der Waals surface area contributed by atoms with Gasteiger partial charge in [0.25, 0.3) is 0 Å². The molecule has 5 heteroatoms. The molecule has 0 saturated heterocycles. The summed E-state index contributed by atoms with van der Waals surface area (Å²) in [4.78, 5) is 0. The predicted octanol–water partition coefficient (Wildman–Crippen LogP) is 0.709. The molecule has 0 amide bonds. The second-order valence-corrected chi connectivity index (χ2v) is 4.30. The Kier molecular flexibility index (Phi) is 4.09. The van der Waals surface area contributed by atoms with Gasteiger partial charge < -0.3 is 10.0 Å². The van der Waals surface area contributed by atoms with Gasteiger partial charge in [-0.05, 0) is 52.2 Å². The van der Waals surface area contributed by atoms with Crippen LogP contribution < -0.4 is 5.46 Å². The van der Waals surface area contributed by atoms with Crippen LogP contribution in [0.15, 0.2) is 12.1 Å². The highest BCUT2D eigenvalue weighted by atomic mass is 127. The molecule has 0 spiro atoms. The number of hydrogen-bond acceptors (Lipinski definition) is 3. The Morgan fingerprint density at radius 2 is 2.08 bits per heavy atom. The molecule has 0 unspecified atom stereocenters. The van der Waals surface area contributed by atoms with E-state index in [1.807, 2.05) is 13.0 Å². The van der Waals surface area contributed by atoms with Crippen molar-refractivity contribution in [2.45, 2.75) is 12.7 Å². The van der Waals surface area contributed by atoms with Crippen LogP contribution in [0.25, 0.3) is 0 Å². The quantitative estimate of drug-likeness (QED) is 0.428. The number of thiol groups is 1. The zero-order valence-electron chi connectivity index (χ0n) is 7.16. The van der Waals surface area contributed by atoms with E-state index < -0.39 is 7.12 Å². The second kappa shape index (κ2) is 4.68. The third kappa shape index (κ3) is 2.62. The summed E-state index contributed by atoms with van der Waals surface area (Å²) in [7, 11) is -1.40. The normalized spacial score (nSPS) is 10.2. The van der Waals surface area contributed by atoms with Gasteiger partial charge in [-0.25, -0.2) is 0 Å². The summed E-state index contributed by atoms with van der Waals surface area (Å²) in [5, 5.41) is 18.2. The lowest BCUT2D eigenvalue weighted by Gasteiger charge is -2.09. The Labute approximate surface area is 97.1 Å². The van der Waals surface area contributed by atoms with Gasteiger partial charge in [0.2, 0.25) is 0 Å². The number of benzene rings is 1. The Balaban J connectivity index is 3.25. The highest BCUT2D eigenvalue weighted by molar-refractivity contribution is 14.1. The zero-order chi connectivity index (χ0) is 10.0. The molecule has 0 aliphatic rings. The van der Waals surface area contributed by atoms with Crippen LogP contribution in [0.5, 0.6) is 0 Å². The highest BCUT2D eigenvalue weighted by Crippen LogP contribution is 2.13. The van der Waals surface area contributed by atoms with Crippen LogP contribution in [0.4, 0.5) is 0 Å². The molecule has 1 aromatic carbocycles. The molecule has 0 fully saturated rings. The maximum atomic E-state index is 9.08. The fourth-order valence-corrected chi connectivity index (χ4v) is 2.01. The smallest absolute Gasteiger partial charge is 0.423 e. The topological polar surface area (TPSA) is 40.5 Å². The lowest BCUT2D eigenvalue weighted by atomic mass is 9.77. The number of rotatable bonds is 2. The zero-order valence-corrected chi connectivity index (χ0v) is 10.2. The maximum Gasteiger partial charge on any atom is 0.488 e. The average molecular weight is 308 g/mol. The molecule has 0 radical (unpaired) electrons. The molecule has 1 aromatic rings. The molecule has 0 heterocycles. The van der Waals surface area contributed by atoms with E-state index in [1.165, 1.54) is 0 Å². The fourth-order valence-electron chi connectivity index (χ4n) is 1.12. The van der Waals surface area contributed by atoms with Gasteiger partial charge in [0.05, 0.1) is 0 Å².